The topological polar surface area (TPSA) is 29.3 Å². The number of rotatable bonds is 6. The van der Waals surface area contributed by atoms with Crippen LogP contribution < -0.4 is 5.73 Å². The third-order valence-corrected chi connectivity index (χ3v) is 3.90. The molecule has 1 fully saturated rings. The van der Waals surface area contributed by atoms with E-state index in [2.05, 4.69) is 18.7 Å². The minimum atomic E-state index is 0.782. The molecule has 90 valence electrons. The summed E-state index contributed by atoms with van der Waals surface area (Å²) in [6.45, 7) is 8.09. The molecular weight excluding hydrogens is 184 g/mol. The van der Waals surface area contributed by atoms with Crippen LogP contribution in [-0.2, 0) is 0 Å². The summed E-state index contributed by atoms with van der Waals surface area (Å²) in [5.74, 6) is 0.892. The van der Waals surface area contributed by atoms with Crippen molar-refractivity contribution in [3.8, 4) is 0 Å². The van der Waals surface area contributed by atoms with Crippen molar-refractivity contribution in [1.29, 1.82) is 0 Å². The standard InChI is InChI=1S/C13H28N2/c1-3-12(4-2)11-15-10-6-5-7-13(15)8-9-14/h12-13H,3-11,14H2,1-2H3. The smallest absolute Gasteiger partial charge is 0.0107 e. The fourth-order valence-corrected chi connectivity index (χ4v) is 2.70. The van der Waals surface area contributed by atoms with Gasteiger partial charge in [0.05, 0.1) is 0 Å². The number of hydrogen-bond acceptors (Lipinski definition) is 2. The number of nitrogens with zero attached hydrogens (tertiary/aromatic N) is 1. The van der Waals surface area contributed by atoms with Gasteiger partial charge in [0.1, 0.15) is 0 Å². The average molecular weight is 212 g/mol. The van der Waals surface area contributed by atoms with Crippen LogP contribution in [0.5, 0.6) is 0 Å². The van der Waals surface area contributed by atoms with Crippen LogP contribution in [0.15, 0.2) is 0 Å². The molecule has 0 aromatic heterocycles. The molecule has 0 saturated carbocycles. The van der Waals surface area contributed by atoms with Gasteiger partial charge in [-0.05, 0) is 38.3 Å². The maximum absolute atomic E-state index is 5.69. The van der Waals surface area contributed by atoms with Crippen LogP contribution in [0.1, 0.15) is 52.4 Å². The van der Waals surface area contributed by atoms with E-state index >= 15 is 0 Å². The van der Waals surface area contributed by atoms with E-state index in [0.717, 1.165) is 18.5 Å². The van der Waals surface area contributed by atoms with E-state index in [1.54, 1.807) is 0 Å². The average Bonchev–Trinajstić information content (AvgIpc) is 2.28. The highest BCUT2D eigenvalue weighted by Gasteiger charge is 2.23. The Hall–Kier alpha value is -0.0800. The Bertz CT molecular complexity index is 153. The summed E-state index contributed by atoms with van der Waals surface area (Å²) in [5.41, 5.74) is 5.69. The molecule has 1 rings (SSSR count). The molecule has 2 nitrogen and oxygen atoms in total. The van der Waals surface area contributed by atoms with Gasteiger partial charge in [0, 0.05) is 12.6 Å². The highest BCUT2D eigenvalue weighted by molar-refractivity contribution is 4.78. The Labute approximate surface area is 95.2 Å². The van der Waals surface area contributed by atoms with Crippen LogP contribution >= 0.6 is 0 Å². The normalized spacial score (nSPS) is 23.6. The Morgan fingerprint density at radius 2 is 2.00 bits per heavy atom. The van der Waals surface area contributed by atoms with Gasteiger partial charge in [-0.2, -0.15) is 0 Å². The minimum absolute atomic E-state index is 0.782. The first-order valence-electron chi connectivity index (χ1n) is 6.75. The first kappa shape index (κ1) is 13.0. The van der Waals surface area contributed by atoms with E-state index in [9.17, 15) is 0 Å². The van der Waals surface area contributed by atoms with Crippen LogP contribution in [0.4, 0.5) is 0 Å². The molecule has 0 bridgehead atoms. The van der Waals surface area contributed by atoms with E-state index in [1.165, 1.54) is 51.6 Å². The van der Waals surface area contributed by atoms with Crippen molar-refractivity contribution in [1.82, 2.24) is 4.90 Å². The SMILES string of the molecule is CCC(CC)CN1CCCCC1CCN. The molecule has 2 heteroatoms. The van der Waals surface area contributed by atoms with Gasteiger partial charge in [0.25, 0.3) is 0 Å². The molecule has 0 amide bonds. The maximum atomic E-state index is 5.69. The Morgan fingerprint density at radius 1 is 1.27 bits per heavy atom. The van der Waals surface area contributed by atoms with Crippen molar-refractivity contribution >= 4 is 0 Å². The molecule has 1 aliphatic rings. The largest absolute Gasteiger partial charge is 0.330 e. The van der Waals surface area contributed by atoms with Gasteiger partial charge in [0.15, 0.2) is 0 Å². The molecule has 15 heavy (non-hydrogen) atoms. The van der Waals surface area contributed by atoms with Crippen molar-refractivity contribution in [3.05, 3.63) is 0 Å². The molecule has 1 atom stereocenters. The molecule has 0 aliphatic carbocycles. The molecule has 1 saturated heterocycles. The Balaban J connectivity index is 2.40. The van der Waals surface area contributed by atoms with Crippen molar-refractivity contribution in [2.24, 2.45) is 11.7 Å². The van der Waals surface area contributed by atoms with E-state index < -0.39 is 0 Å². The number of piperidine rings is 1. The second kappa shape index (κ2) is 7.24. The molecule has 0 spiro atoms. The number of nitrogens with two attached hydrogens (primary N) is 1. The molecule has 1 unspecified atom stereocenters. The van der Waals surface area contributed by atoms with Crippen molar-refractivity contribution < 1.29 is 0 Å². The lowest BCUT2D eigenvalue weighted by Crippen LogP contribution is -2.43. The minimum Gasteiger partial charge on any atom is -0.330 e. The van der Waals surface area contributed by atoms with E-state index in [1.807, 2.05) is 0 Å². The predicted octanol–water partition coefficient (Wildman–Crippen LogP) is 2.63. The monoisotopic (exact) mass is 212 g/mol. The van der Waals surface area contributed by atoms with Crippen molar-refractivity contribution in [3.63, 3.8) is 0 Å². The highest BCUT2D eigenvalue weighted by atomic mass is 15.2. The van der Waals surface area contributed by atoms with Crippen molar-refractivity contribution in [2.45, 2.75) is 58.4 Å². The van der Waals surface area contributed by atoms with Gasteiger partial charge >= 0.3 is 0 Å². The second-order valence-corrected chi connectivity index (χ2v) is 4.90. The van der Waals surface area contributed by atoms with Gasteiger partial charge in [-0.3, -0.25) is 0 Å². The number of hydrogen-bond donors (Lipinski definition) is 1. The zero-order valence-electron chi connectivity index (χ0n) is 10.5. The summed E-state index contributed by atoms with van der Waals surface area (Å²) in [4.78, 5) is 2.70. The third kappa shape index (κ3) is 4.12. The molecule has 1 heterocycles. The summed E-state index contributed by atoms with van der Waals surface area (Å²) < 4.78 is 0. The van der Waals surface area contributed by atoms with Crippen molar-refractivity contribution in [2.75, 3.05) is 19.6 Å². The molecule has 0 aromatic rings. The fourth-order valence-electron chi connectivity index (χ4n) is 2.70. The van der Waals surface area contributed by atoms with Crippen LogP contribution in [0.25, 0.3) is 0 Å². The van der Waals surface area contributed by atoms with Gasteiger partial charge in [-0.25, -0.2) is 0 Å². The number of likely N-dealkylation sites (tertiary alicyclic amines) is 1. The molecule has 0 aromatic carbocycles. The van der Waals surface area contributed by atoms with Crippen LogP contribution in [0, 0.1) is 5.92 Å². The lowest BCUT2D eigenvalue weighted by atomic mass is 9.95. The zero-order chi connectivity index (χ0) is 11.1. The van der Waals surface area contributed by atoms with E-state index in [0.29, 0.717) is 0 Å². The Kier molecular flexibility index (Phi) is 6.26. The first-order chi connectivity index (χ1) is 7.31. The van der Waals surface area contributed by atoms with Gasteiger partial charge in [-0.15, -0.1) is 0 Å². The van der Waals surface area contributed by atoms with Gasteiger partial charge < -0.3 is 10.6 Å². The summed E-state index contributed by atoms with van der Waals surface area (Å²) in [6, 6.07) is 0.782. The van der Waals surface area contributed by atoms with Gasteiger partial charge in [-0.1, -0.05) is 33.1 Å². The summed E-state index contributed by atoms with van der Waals surface area (Å²) in [5, 5.41) is 0. The van der Waals surface area contributed by atoms with Crippen LogP contribution in [0.2, 0.25) is 0 Å². The van der Waals surface area contributed by atoms with E-state index in [-0.39, 0.29) is 0 Å². The lowest BCUT2D eigenvalue weighted by Gasteiger charge is -2.37. The molecule has 1 aliphatic heterocycles. The maximum Gasteiger partial charge on any atom is 0.0107 e. The zero-order valence-corrected chi connectivity index (χ0v) is 10.5. The molecule has 0 radical (unpaired) electrons. The van der Waals surface area contributed by atoms with Crippen LogP contribution in [-0.4, -0.2) is 30.6 Å². The summed E-state index contributed by atoms with van der Waals surface area (Å²) in [7, 11) is 0. The lowest BCUT2D eigenvalue weighted by molar-refractivity contribution is 0.117. The summed E-state index contributed by atoms with van der Waals surface area (Å²) in [6.07, 6.45) is 8.01. The Morgan fingerprint density at radius 3 is 2.60 bits per heavy atom. The van der Waals surface area contributed by atoms with Crippen LogP contribution in [0.3, 0.4) is 0 Å². The predicted molar refractivity (Wildman–Crippen MR) is 67.0 cm³/mol. The second-order valence-electron chi connectivity index (χ2n) is 4.90. The highest BCUT2D eigenvalue weighted by Crippen LogP contribution is 2.22. The van der Waals surface area contributed by atoms with Gasteiger partial charge in [0.2, 0.25) is 0 Å². The molecule has 2 N–H and O–H groups in total. The third-order valence-electron chi connectivity index (χ3n) is 3.90. The molecular formula is C13H28N2. The van der Waals surface area contributed by atoms with E-state index in [4.69, 9.17) is 5.73 Å². The first-order valence-corrected chi connectivity index (χ1v) is 6.75. The fraction of sp³-hybridized carbons (Fsp3) is 1.00. The quantitative estimate of drug-likeness (QED) is 0.733. The summed E-state index contributed by atoms with van der Waals surface area (Å²) >= 11 is 0.